The van der Waals surface area contributed by atoms with Crippen LogP contribution < -0.4 is 10.2 Å². The molecule has 5 heteroatoms. The summed E-state index contributed by atoms with van der Waals surface area (Å²) in [5, 5.41) is 13.7. The molecule has 0 spiro atoms. The second-order valence-electron chi connectivity index (χ2n) is 7.74. The van der Waals surface area contributed by atoms with E-state index >= 15 is 0 Å². The van der Waals surface area contributed by atoms with Crippen molar-refractivity contribution in [3.63, 3.8) is 0 Å². The lowest BCUT2D eigenvalue weighted by molar-refractivity contribution is -0.117. The quantitative estimate of drug-likeness (QED) is 0.442. The molecule has 0 aromatic heterocycles. The SMILES string of the molecule is CCC(=O)N(c1ccccc1)c1cccc(C(=O)CCNC(C)C(O)c2ccccc2)c1. The Morgan fingerprint density at radius 3 is 2.19 bits per heavy atom. The Morgan fingerprint density at radius 1 is 0.906 bits per heavy atom. The zero-order chi connectivity index (χ0) is 22.9. The van der Waals surface area contributed by atoms with E-state index in [-0.39, 0.29) is 17.7 Å². The first-order valence-electron chi connectivity index (χ1n) is 11.0. The van der Waals surface area contributed by atoms with Crippen molar-refractivity contribution in [3.8, 4) is 0 Å². The number of hydrogen-bond donors (Lipinski definition) is 2. The number of aliphatic hydroxyl groups excluding tert-OH is 1. The van der Waals surface area contributed by atoms with Gasteiger partial charge in [-0.05, 0) is 36.8 Å². The van der Waals surface area contributed by atoms with Crippen molar-refractivity contribution in [3.05, 3.63) is 96.1 Å². The maximum atomic E-state index is 12.8. The molecular weight excluding hydrogens is 400 g/mol. The van der Waals surface area contributed by atoms with Crippen LogP contribution >= 0.6 is 0 Å². The van der Waals surface area contributed by atoms with Gasteiger partial charge in [-0.2, -0.15) is 0 Å². The van der Waals surface area contributed by atoms with Crippen molar-refractivity contribution in [2.45, 2.75) is 38.8 Å². The predicted octanol–water partition coefficient (Wildman–Crippen LogP) is 5.05. The van der Waals surface area contributed by atoms with Gasteiger partial charge >= 0.3 is 0 Å². The van der Waals surface area contributed by atoms with Gasteiger partial charge in [0, 0.05) is 42.4 Å². The first kappa shape index (κ1) is 23.4. The van der Waals surface area contributed by atoms with Crippen molar-refractivity contribution >= 4 is 23.1 Å². The number of aliphatic hydroxyl groups is 1. The van der Waals surface area contributed by atoms with E-state index in [1.807, 2.05) is 80.6 Å². The van der Waals surface area contributed by atoms with Crippen LogP contribution in [0.4, 0.5) is 11.4 Å². The van der Waals surface area contributed by atoms with Gasteiger partial charge in [0.25, 0.3) is 0 Å². The number of para-hydroxylation sites is 1. The highest BCUT2D eigenvalue weighted by Crippen LogP contribution is 2.27. The number of benzene rings is 3. The summed E-state index contributed by atoms with van der Waals surface area (Å²) in [7, 11) is 0. The van der Waals surface area contributed by atoms with Gasteiger partial charge in [0.1, 0.15) is 0 Å². The Hall–Kier alpha value is -3.28. The van der Waals surface area contributed by atoms with Crippen LogP contribution in [0.25, 0.3) is 0 Å². The Balaban J connectivity index is 1.65. The van der Waals surface area contributed by atoms with Crippen molar-refractivity contribution in [2.24, 2.45) is 0 Å². The Labute approximate surface area is 189 Å². The number of hydrogen-bond acceptors (Lipinski definition) is 4. The van der Waals surface area contributed by atoms with E-state index in [0.717, 1.165) is 11.3 Å². The topological polar surface area (TPSA) is 69.6 Å². The van der Waals surface area contributed by atoms with Crippen LogP contribution in [-0.2, 0) is 4.79 Å². The number of rotatable bonds is 10. The molecule has 2 N–H and O–H groups in total. The summed E-state index contributed by atoms with van der Waals surface area (Å²) in [5.74, 6) is -0.0519. The summed E-state index contributed by atoms with van der Waals surface area (Å²) in [6.45, 7) is 4.17. The standard InChI is InChI=1S/C27H30N2O3/c1-3-26(31)29(23-14-8-5-9-15-23)24-16-10-13-22(19-24)25(30)17-18-28-20(2)27(32)21-11-6-4-7-12-21/h4-16,19-20,27-28,32H,3,17-18H2,1-2H3. The molecular formula is C27H30N2O3. The van der Waals surface area contributed by atoms with Gasteiger partial charge in [0.15, 0.2) is 5.78 Å². The number of nitrogens with one attached hydrogen (secondary N) is 1. The van der Waals surface area contributed by atoms with Crippen LogP contribution in [-0.4, -0.2) is 29.4 Å². The average molecular weight is 431 g/mol. The maximum Gasteiger partial charge on any atom is 0.231 e. The Morgan fingerprint density at radius 2 is 1.53 bits per heavy atom. The fourth-order valence-corrected chi connectivity index (χ4v) is 3.60. The molecule has 1 amide bonds. The number of carbonyl (C=O) groups is 2. The first-order chi connectivity index (χ1) is 15.5. The molecule has 3 rings (SSSR count). The van der Waals surface area contributed by atoms with Gasteiger partial charge in [-0.25, -0.2) is 0 Å². The summed E-state index contributed by atoms with van der Waals surface area (Å²) in [6.07, 6.45) is 0.00942. The second kappa shape index (κ2) is 11.4. The van der Waals surface area contributed by atoms with Crippen molar-refractivity contribution in [1.29, 1.82) is 0 Å². The highest BCUT2D eigenvalue weighted by atomic mass is 16.3. The van der Waals surface area contributed by atoms with Crippen LogP contribution in [0, 0.1) is 0 Å². The fourth-order valence-electron chi connectivity index (χ4n) is 3.60. The lowest BCUT2D eigenvalue weighted by Gasteiger charge is -2.23. The number of carbonyl (C=O) groups excluding carboxylic acids is 2. The zero-order valence-corrected chi connectivity index (χ0v) is 18.6. The molecule has 0 heterocycles. The number of Topliss-reactive ketones (excluding diaryl/α,β-unsaturated/α-hetero) is 1. The van der Waals surface area contributed by atoms with Gasteiger partial charge in [-0.15, -0.1) is 0 Å². The molecule has 2 unspecified atom stereocenters. The molecule has 2 atom stereocenters. The summed E-state index contributed by atoms with van der Waals surface area (Å²) >= 11 is 0. The summed E-state index contributed by atoms with van der Waals surface area (Å²) in [6, 6.07) is 25.9. The van der Waals surface area contributed by atoms with Crippen molar-refractivity contribution < 1.29 is 14.7 Å². The third-order valence-electron chi connectivity index (χ3n) is 5.43. The monoisotopic (exact) mass is 430 g/mol. The van der Waals surface area contributed by atoms with E-state index < -0.39 is 6.10 Å². The molecule has 0 aliphatic carbocycles. The lowest BCUT2D eigenvalue weighted by Crippen LogP contribution is -2.33. The normalized spacial score (nSPS) is 12.7. The van der Waals surface area contributed by atoms with E-state index in [4.69, 9.17) is 0 Å². The summed E-state index contributed by atoms with van der Waals surface area (Å²) < 4.78 is 0. The molecule has 32 heavy (non-hydrogen) atoms. The summed E-state index contributed by atoms with van der Waals surface area (Å²) in [4.78, 5) is 27.1. The molecule has 5 nitrogen and oxygen atoms in total. The van der Waals surface area contributed by atoms with Gasteiger partial charge in [0.2, 0.25) is 5.91 Å². The molecule has 0 bridgehead atoms. The first-order valence-corrected chi connectivity index (χ1v) is 11.0. The Kier molecular flexibility index (Phi) is 8.31. The minimum absolute atomic E-state index is 0.0160. The van der Waals surface area contributed by atoms with Crippen LogP contribution in [0.1, 0.15) is 48.7 Å². The molecule has 0 fully saturated rings. The highest BCUT2D eigenvalue weighted by molar-refractivity contribution is 6.02. The van der Waals surface area contributed by atoms with Gasteiger partial charge < -0.3 is 10.4 Å². The molecule has 0 saturated heterocycles. The van der Waals surface area contributed by atoms with Gasteiger partial charge in [0.05, 0.1) is 6.10 Å². The van der Waals surface area contributed by atoms with E-state index in [1.54, 1.807) is 23.1 Å². The third kappa shape index (κ3) is 5.90. The minimum atomic E-state index is -0.644. The largest absolute Gasteiger partial charge is 0.387 e. The zero-order valence-electron chi connectivity index (χ0n) is 18.6. The molecule has 166 valence electrons. The molecule has 0 radical (unpaired) electrons. The van der Waals surface area contributed by atoms with Gasteiger partial charge in [-0.3, -0.25) is 14.5 Å². The van der Waals surface area contributed by atoms with Crippen LogP contribution in [0.15, 0.2) is 84.9 Å². The molecule has 3 aromatic carbocycles. The highest BCUT2D eigenvalue weighted by Gasteiger charge is 2.19. The summed E-state index contributed by atoms with van der Waals surface area (Å²) in [5.41, 5.74) is 2.85. The van der Waals surface area contributed by atoms with Crippen LogP contribution in [0.2, 0.25) is 0 Å². The Bertz CT molecular complexity index is 1020. The number of amides is 1. The van der Waals surface area contributed by atoms with Gasteiger partial charge in [-0.1, -0.05) is 67.6 Å². The number of ketones is 1. The van der Waals surface area contributed by atoms with E-state index in [1.165, 1.54) is 0 Å². The second-order valence-corrected chi connectivity index (χ2v) is 7.74. The van der Waals surface area contributed by atoms with E-state index in [0.29, 0.717) is 30.6 Å². The number of anilines is 2. The lowest BCUT2D eigenvalue weighted by atomic mass is 10.0. The molecule has 3 aromatic rings. The maximum absolute atomic E-state index is 12.8. The van der Waals surface area contributed by atoms with E-state index in [9.17, 15) is 14.7 Å². The minimum Gasteiger partial charge on any atom is -0.387 e. The smallest absolute Gasteiger partial charge is 0.231 e. The van der Waals surface area contributed by atoms with Crippen molar-refractivity contribution in [1.82, 2.24) is 5.32 Å². The molecule has 0 saturated carbocycles. The van der Waals surface area contributed by atoms with E-state index in [2.05, 4.69) is 5.32 Å². The molecule has 0 aliphatic rings. The average Bonchev–Trinajstić information content (AvgIpc) is 2.84. The predicted molar refractivity (Wildman–Crippen MR) is 128 cm³/mol. The fraction of sp³-hybridized carbons (Fsp3) is 0.259. The van der Waals surface area contributed by atoms with Crippen LogP contribution in [0.5, 0.6) is 0 Å². The molecule has 0 aliphatic heterocycles. The third-order valence-corrected chi connectivity index (χ3v) is 5.43. The van der Waals surface area contributed by atoms with Crippen molar-refractivity contribution in [2.75, 3.05) is 11.4 Å². The number of nitrogens with zero attached hydrogens (tertiary/aromatic N) is 1. The van der Waals surface area contributed by atoms with Crippen LogP contribution in [0.3, 0.4) is 0 Å².